The van der Waals surface area contributed by atoms with Gasteiger partial charge in [-0.3, -0.25) is 9.58 Å². The first-order valence-corrected chi connectivity index (χ1v) is 6.11. The van der Waals surface area contributed by atoms with Crippen LogP contribution < -0.4 is 5.73 Å². The smallest absolute Gasteiger partial charge is 0.131 e. The van der Waals surface area contributed by atoms with Gasteiger partial charge in [0, 0.05) is 31.7 Å². The van der Waals surface area contributed by atoms with Gasteiger partial charge in [0.2, 0.25) is 0 Å². The molecular formula is C11H19ClN4. The molecule has 0 amide bonds. The summed E-state index contributed by atoms with van der Waals surface area (Å²) in [6, 6.07) is 0.310. The van der Waals surface area contributed by atoms with Crippen molar-refractivity contribution in [3.05, 3.63) is 16.4 Å². The summed E-state index contributed by atoms with van der Waals surface area (Å²) in [5, 5.41) is 5.07. The molecule has 2 heterocycles. The second-order valence-electron chi connectivity index (χ2n) is 4.62. The highest BCUT2D eigenvalue weighted by molar-refractivity contribution is 6.30. The molecule has 1 aromatic rings. The summed E-state index contributed by atoms with van der Waals surface area (Å²) in [6.07, 6.45) is 2.31. The standard InChI is InChI=1S/C11H19ClN4/c1-8-10(11(12)15(2)14-8)7-16-5-3-4-9(13)6-16/h9H,3-7,13H2,1-2H3/t9-/m1/s1. The van der Waals surface area contributed by atoms with E-state index < -0.39 is 0 Å². The van der Waals surface area contributed by atoms with E-state index in [-0.39, 0.29) is 0 Å². The third-order valence-corrected chi connectivity index (χ3v) is 3.67. The van der Waals surface area contributed by atoms with Crippen LogP contribution in [0.15, 0.2) is 0 Å². The SMILES string of the molecule is Cc1nn(C)c(Cl)c1CN1CCC[C@@H](N)C1. The molecule has 16 heavy (non-hydrogen) atoms. The largest absolute Gasteiger partial charge is 0.327 e. The van der Waals surface area contributed by atoms with Crippen LogP contribution in [0.2, 0.25) is 5.15 Å². The number of nitrogens with two attached hydrogens (primary N) is 1. The Kier molecular flexibility index (Phi) is 3.52. The highest BCUT2D eigenvalue weighted by Crippen LogP contribution is 2.22. The molecule has 1 aliphatic rings. The van der Waals surface area contributed by atoms with E-state index in [2.05, 4.69) is 10.00 Å². The van der Waals surface area contributed by atoms with Gasteiger partial charge in [0.25, 0.3) is 0 Å². The fourth-order valence-corrected chi connectivity index (χ4v) is 2.55. The Morgan fingerprint density at radius 2 is 2.31 bits per heavy atom. The van der Waals surface area contributed by atoms with E-state index >= 15 is 0 Å². The molecule has 0 spiro atoms. The van der Waals surface area contributed by atoms with Crippen LogP contribution in [0.3, 0.4) is 0 Å². The fraction of sp³-hybridized carbons (Fsp3) is 0.727. The van der Waals surface area contributed by atoms with Crippen molar-refractivity contribution in [2.24, 2.45) is 12.8 Å². The normalized spacial score (nSPS) is 22.6. The lowest BCUT2D eigenvalue weighted by Crippen LogP contribution is -2.42. The van der Waals surface area contributed by atoms with Gasteiger partial charge in [-0.15, -0.1) is 0 Å². The van der Waals surface area contributed by atoms with E-state index in [0.717, 1.165) is 42.5 Å². The molecule has 90 valence electrons. The van der Waals surface area contributed by atoms with Crippen molar-refractivity contribution in [1.82, 2.24) is 14.7 Å². The minimum Gasteiger partial charge on any atom is -0.327 e. The Labute approximate surface area is 101 Å². The molecule has 1 atom stereocenters. The molecule has 0 radical (unpaired) electrons. The lowest BCUT2D eigenvalue weighted by atomic mass is 10.1. The fourth-order valence-electron chi connectivity index (χ4n) is 2.31. The molecule has 1 fully saturated rings. The van der Waals surface area contributed by atoms with Crippen molar-refractivity contribution in [3.8, 4) is 0 Å². The van der Waals surface area contributed by atoms with Crippen LogP contribution in [0.4, 0.5) is 0 Å². The first-order chi connectivity index (χ1) is 7.58. The van der Waals surface area contributed by atoms with Gasteiger partial charge in [-0.1, -0.05) is 11.6 Å². The van der Waals surface area contributed by atoms with Gasteiger partial charge < -0.3 is 5.73 Å². The van der Waals surface area contributed by atoms with Gasteiger partial charge in [0.05, 0.1) is 5.69 Å². The summed E-state index contributed by atoms with van der Waals surface area (Å²) in [5.41, 5.74) is 8.12. The lowest BCUT2D eigenvalue weighted by molar-refractivity contribution is 0.201. The van der Waals surface area contributed by atoms with Gasteiger partial charge in [0.1, 0.15) is 5.15 Å². The Morgan fingerprint density at radius 3 is 2.88 bits per heavy atom. The third kappa shape index (κ3) is 2.39. The summed E-state index contributed by atoms with van der Waals surface area (Å²) in [7, 11) is 1.88. The maximum Gasteiger partial charge on any atom is 0.131 e. The van der Waals surface area contributed by atoms with Gasteiger partial charge in [-0.25, -0.2) is 0 Å². The summed E-state index contributed by atoms with van der Waals surface area (Å²) in [5.74, 6) is 0. The predicted molar refractivity (Wildman–Crippen MR) is 65.4 cm³/mol. The first kappa shape index (κ1) is 11.9. The highest BCUT2D eigenvalue weighted by Gasteiger charge is 2.20. The van der Waals surface area contributed by atoms with Crippen LogP contribution in [-0.2, 0) is 13.6 Å². The molecule has 4 nitrogen and oxygen atoms in total. The molecule has 0 unspecified atom stereocenters. The third-order valence-electron chi connectivity index (χ3n) is 3.19. The van der Waals surface area contributed by atoms with Crippen LogP contribution in [-0.4, -0.2) is 33.8 Å². The molecular weight excluding hydrogens is 224 g/mol. The number of likely N-dealkylation sites (tertiary alicyclic amines) is 1. The minimum atomic E-state index is 0.310. The van der Waals surface area contributed by atoms with E-state index in [1.807, 2.05) is 14.0 Å². The lowest BCUT2D eigenvalue weighted by Gasteiger charge is -2.30. The van der Waals surface area contributed by atoms with Crippen molar-refractivity contribution in [2.75, 3.05) is 13.1 Å². The van der Waals surface area contributed by atoms with E-state index in [1.165, 1.54) is 6.42 Å². The predicted octanol–water partition coefficient (Wildman–Crippen LogP) is 1.31. The monoisotopic (exact) mass is 242 g/mol. The Balaban J connectivity index is 2.08. The Morgan fingerprint density at radius 1 is 1.56 bits per heavy atom. The van der Waals surface area contributed by atoms with E-state index in [0.29, 0.717) is 6.04 Å². The maximum atomic E-state index is 6.21. The van der Waals surface area contributed by atoms with Crippen molar-refractivity contribution >= 4 is 11.6 Å². The molecule has 1 saturated heterocycles. The summed E-state index contributed by atoms with van der Waals surface area (Å²) in [6.45, 7) is 4.94. The molecule has 5 heteroatoms. The Bertz CT molecular complexity index is 374. The number of hydrogen-bond acceptors (Lipinski definition) is 3. The second-order valence-corrected chi connectivity index (χ2v) is 4.97. The molecule has 0 bridgehead atoms. The second kappa shape index (κ2) is 4.73. The van der Waals surface area contributed by atoms with Crippen molar-refractivity contribution in [3.63, 3.8) is 0 Å². The molecule has 0 saturated carbocycles. The van der Waals surface area contributed by atoms with Crippen LogP contribution in [0, 0.1) is 6.92 Å². The molecule has 1 aliphatic heterocycles. The minimum absolute atomic E-state index is 0.310. The number of halogens is 1. The van der Waals surface area contributed by atoms with Crippen LogP contribution in [0.5, 0.6) is 0 Å². The summed E-state index contributed by atoms with van der Waals surface area (Å²) >= 11 is 6.21. The molecule has 0 aliphatic carbocycles. The number of piperidine rings is 1. The highest BCUT2D eigenvalue weighted by atomic mass is 35.5. The zero-order valence-electron chi connectivity index (χ0n) is 9.91. The van der Waals surface area contributed by atoms with Crippen LogP contribution >= 0.6 is 11.6 Å². The average molecular weight is 243 g/mol. The first-order valence-electron chi connectivity index (χ1n) is 5.74. The summed E-state index contributed by atoms with van der Waals surface area (Å²) < 4.78 is 1.73. The number of aromatic nitrogens is 2. The zero-order valence-corrected chi connectivity index (χ0v) is 10.7. The Hall–Kier alpha value is -0.580. The van der Waals surface area contributed by atoms with E-state index in [4.69, 9.17) is 17.3 Å². The van der Waals surface area contributed by atoms with Crippen molar-refractivity contribution in [2.45, 2.75) is 32.4 Å². The number of nitrogens with zero attached hydrogens (tertiary/aromatic N) is 3. The molecule has 2 rings (SSSR count). The zero-order chi connectivity index (χ0) is 11.7. The van der Waals surface area contributed by atoms with Gasteiger partial charge in [-0.05, 0) is 26.3 Å². The van der Waals surface area contributed by atoms with Crippen molar-refractivity contribution < 1.29 is 0 Å². The molecule has 1 aromatic heterocycles. The van der Waals surface area contributed by atoms with Gasteiger partial charge in [0.15, 0.2) is 0 Å². The summed E-state index contributed by atoms with van der Waals surface area (Å²) in [4.78, 5) is 2.37. The number of hydrogen-bond donors (Lipinski definition) is 1. The van der Waals surface area contributed by atoms with Crippen LogP contribution in [0.25, 0.3) is 0 Å². The van der Waals surface area contributed by atoms with Crippen LogP contribution in [0.1, 0.15) is 24.1 Å². The molecule has 0 aromatic carbocycles. The average Bonchev–Trinajstić information content (AvgIpc) is 2.45. The number of aryl methyl sites for hydroxylation is 2. The van der Waals surface area contributed by atoms with Gasteiger partial charge >= 0.3 is 0 Å². The van der Waals surface area contributed by atoms with E-state index in [9.17, 15) is 0 Å². The van der Waals surface area contributed by atoms with Gasteiger partial charge in [-0.2, -0.15) is 5.10 Å². The molecule has 2 N–H and O–H groups in total. The van der Waals surface area contributed by atoms with Crippen molar-refractivity contribution in [1.29, 1.82) is 0 Å². The number of rotatable bonds is 2. The van der Waals surface area contributed by atoms with E-state index in [1.54, 1.807) is 4.68 Å². The maximum absolute atomic E-state index is 6.21. The topological polar surface area (TPSA) is 47.1 Å². The quantitative estimate of drug-likeness (QED) is 0.851.